The van der Waals surface area contributed by atoms with Gasteiger partial charge in [0, 0.05) is 11.6 Å². The summed E-state index contributed by atoms with van der Waals surface area (Å²) < 4.78 is 0.426. The van der Waals surface area contributed by atoms with E-state index in [1.165, 1.54) is 12.1 Å². The molecule has 0 aliphatic heterocycles. The van der Waals surface area contributed by atoms with Crippen LogP contribution in [-0.2, 0) is 0 Å². The van der Waals surface area contributed by atoms with E-state index in [1.54, 1.807) is 6.92 Å². The molecule has 4 N–H and O–H groups in total. The SMILES string of the molecule is C=C(C)C[C@@H](N)c1c(C(=O)O)ccc(Br)c1O. The van der Waals surface area contributed by atoms with Crippen LogP contribution < -0.4 is 5.73 Å². The highest BCUT2D eigenvalue weighted by atomic mass is 79.9. The molecule has 1 atom stereocenters. The Balaban J connectivity index is 3.32. The van der Waals surface area contributed by atoms with Gasteiger partial charge in [-0.25, -0.2) is 4.79 Å². The highest BCUT2D eigenvalue weighted by molar-refractivity contribution is 9.10. The summed E-state index contributed by atoms with van der Waals surface area (Å²) in [5.41, 5.74) is 6.97. The average molecular weight is 300 g/mol. The fraction of sp³-hybridized carbons (Fsp3) is 0.250. The van der Waals surface area contributed by atoms with E-state index in [0.29, 0.717) is 10.9 Å². The number of aromatic carboxylic acids is 1. The fourth-order valence-corrected chi connectivity index (χ4v) is 1.97. The molecule has 0 unspecified atom stereocenters. The van der Waals surface area contributed by atoms with Crippen molar-refractivity contribution in [1.29, 1.82) is 0 Å². The zero-order chi connectivity index (χ0) is 13.2. The van der Waals surface area contributed by atoms with E-state index in [2.05, 4.69) is 22.5 Å². The molecule has 5 heteroatoms. The third-order valence-corrected chi connectivity index (χ3v) is 2.98. The van der Waals surface area contributed by atoms with Crippen LogP contribution in [-0.4, -0.2) is 16.2 Å². The summed E-state index contributed by atoms with van der Waals surface area (Å²) in [5, 5.41) is 19.0. The maximum atomic E-state index is 11.1. The minimum absolute atomic E-state index is 0.0134. The van der Waals surface area contributed by atoms with Crippen LogP contribution in [0.15, 0.2) is 28.8 Å². The van der Waals surface area contributed by atoms with Gasteiger partial charge in [-0.15, -0.1) is 6.58 Å². The number of nitrogens with two attached hydrogens (primary N) is 1. The molecular formula is C12H14BrNO3. The number of carbonyl (C=O) groups is 1. The number of phenolic OH excluding ortho intramolecular Hbond substituents is 1. The molecule has 17 heavy (non-hydrogen) atoms. The zero-order valence-corrected chi connectivity index (χ0v) is 11.0. The molecule has 1 aromatic rings. The molecular weight excluding hydrogens is 286 g/mol. The Kier molecular flexibility index (Phi) is 4.31. The number of hydrogen-bond acceptors (Lipinski definition) is 3. The van der Waals surface area contributed by atoms with E-state index in [4.69, 9.17) is 10.8 Å². The molecule has 92 valence electrons. The normalized spacial score (nSPS) is 12.2. The van der Waals surface area contributed by atoms with Crippen LogP contribution in [0.2, 0.25) is 0 Å². The summed E-state index contributed by atoms with van der Waals surface area (Å²) in [6, 6.07) is 2.31. The maximum absolute atomic E-state index is 11.1. The Morgan fingerprint density at radius 3 is 2.65 bits per heavy atom. The van der Waals surface area contributed by atoms with Crippen molar-refractivity contribution in [3.8, 4) is 5.75 Å². The molecule has 0 aliphatic rings. The third-order valence-electron chi connectivity index (χ3n) is 2.34. The fourth-order valence-electron chi connectivity index (χ4n) is 1.62. The number of carboxylic acid groups (broad SMARTS) is 1. The molecule has 1 aromatic carbocycles. The Labute approximate surface area is 108 Å². The van der Waals surface area contributed by atoms with Gasteiger partial charge in [-0.05, 0) is 41.4 Å². The van der Waals surface area contributed by atoms with Crippen LogP contribution in [0.4, 0.5) is 0 Å². The minimum atomic E-state index is -1.11. The number of aromatic hydroxyl groups is 1. The van der Waals surface area contributed by atoms with Gasteiger partial charge in [0.05, 0.1) is 10.0 Å². The molecule has 0 radical (unpaired) electrons. The molecule has 4 nitrogen and oxygen atoms in total. The summed E-state index contributed by atoms with van der Waals surface area (Å²) in [6.45, 7) is 5.53. The first-order valence-electron chi connectivity index (χ1n) is 4.99. The Morgan fingerprint density at radius 2 is 2.18 bits per heavy atom. The average Bonchev–Trinajstić information content (AvgIpc) is 2.20. The van der Waals surface area contributed by atoms with Crippen LogP contribution in [0, 0.1) is 0 Å². The van der Waals surface area contributed by atoms with Crippen LogP contribution in [0.1, 0.15) is 35.3 Å². The molecule has 1 rings (SSSR count). The van der Waals surface area contributed by atoms with E-state index >= 15 is 0 Å². The smallest absolute Gasteiger partial charge is 0.336 e. The second-order valence-corrected chi connectivity index (χ2v) is 4.78. The lowest BCUT2D eigenvalue weighted by Gasteiger charge is -2.17. The summed E-state index contributed by atoms with van der Waals surface area (Å²) in [5.74, 6) is -1.24. The van der Waals surface area contributed by atoms with Crippen molar-refractivity contribution in [2.75, 3.05) is 0 Å². The van der Waals surface area contributed by atoms with Gasteiger partial charge >= 0.3 is 5.97 Å². The summed E-state index contributed by atoms with van der Waals surface area (Å²) in [7, 11) is 0. The second-order valence-electron chi connectivity index (χ2n) is 3.93. The first kappa shape index (κ1) is 13.7. The van der Waals surface area contributed by atoms with Crippen LogP contribution in [0.25, 0.3) is 0 Å². The molecule has 0 aromatic heterocycles. The van der Waals surface area contributed by atoms with Crippen molar-refractivity contribution in [1.82, 2.24) is 0 Å². The lowest BCUT2D eigenvalue weighted by Crippen LogP contribution is -2.15. The highest BCUT2D eigenvalue weighted by Crippen LogP contribution is 2.35. The molecule has 0 amide bonds. The van der Waals surface area contributed by atoms with Gasteiger partial charge in [-0.2, -0.15) is 0 Å². The van der Waals surface area contributed by atoms with Gasteiger partial charge in [0.15, 0.2) is 0 Å². The van der Waals surface area contributed by atoms with Crippen molar-refractivity contribution in [3.05, 3.63) is 39.9 Å². The summed E-state index contributed by atoms with van der Waals surface area (Å²) in [6.07, 6.45) is 0.421. The summed E-state index contributed by atoms with van der Waals surface area (Å²) >= 11 is 3.14. The highest BCUT2D eigenvalue weighted by Gasteiger charge is 2.21. The molecule has 0 saturated heterocycles. The first-order chi connectivity index (χ1) is 7.84. The topological polar surface area (TPSA) is 83.6 Å². The molecule has 0 fully saturated rings. The number of carboxylic acids is 1. The van der Waals surface area contributed by atoms with E-state index in [1.807, 2.05) is 0 Å². The van der Waals surface area contributed by atoms with Crippen molar-refractivity contribution in [3.63, 3.8) is 0 Å². The lowest BCUT2D eigenvalue weighted by atomic mass is 9.95. The largest absolute Gasteiger partial charge is 0.506 e. The van der Waals surface area contributed by atoms with E-state index in [9.17, 15) is 9.90 Å². The van der Waals surface area contributed by atoms with Crippen LogP contribution in [0.3, 0.4) is 0 Å². The second kappa shape index (κ2) is 5.33. The molecule has 0 spiro atoms. The van der Waals surface area contributed by atoms with Gasteiger partial charge in [-0.1, -0.05) is 5.57 Å². The van der Waals surface area contributed by atoms with Crippen LogP contribution >= 0.6 is 15.9 Å². The monoisotopic (exact) mass is 299 g/mol. The van der Waals surface area contributed by atoms with Gasteiger partial charge in [0.25, 0.3) is 0 Å². The summed E-state index contributed by atoms with van der Waals surface area (Å²) in [4.78, 5) is 11.1. The van der Waals surface area contributed by atoms with Gasteiger partial charge in [0.2, 0.25) is 0 Å². The zero-order valence-electron chi connectivity index (χ0n) is 9.40. The Hall–Kier alpha value is -1.33. The minimum Gasteiger partial charge on any atom is -0.506 e. The first-order valence-corrected chi connectivity index (χ1v) is 5.78. The van der Waals surface area contributed by atoms with Gasteiger partial charge in [-0.3, -0.25) is 0 Å². The molecule has 0 heterocycles. The van der Waals surface area contributed by atoms with E-state index in [-0.39, 0.29) is 16.9 Å². The molecule has 0 aliphatic carbocycles. The quantitative estimate of drug-likeness (QED) is 0.747. The van der Waals surface area contributed by atoms with Crippen LogP contribution in [0.5, 0.6) is 5.75 Å². The predicted octanol–water partition coefficient (Wildman–Crippen LogP) is 2.82. The van der Waals surface area contributed by atoms with Gasteiger partial charge < -0.3 is 15.9 Å². The number of benzene rings is 1. The maximum Gasteiger partial charge on any atom is 0.336 e. The lowest BCUT2D eigenvalue weighted by molar-refractivity contribution is 0.0694. The van der Waals surface area contributed by atoms with Crippen molar-refractivity contribution < 1.29 is 15.0 Å². The third kappa shape index (κ3) is 3.08. The van der Waals surface area contributed by atoms with Crippen molar-refractivity contribution in [2.45, 2.75) is 19.4 Å². The van der Waals surface area contributed by atoms with Crippen molar-refractivity contribution in [2.24, 2.45) is 5.73 Å². The number of hydrogen-bond donors (Lipinski definition) is 3. The number of phenols is 1. The standard InChI is InChI=1S/C12H14BrNO3/c1-6(2)5-9(14)10-7(12(16)17)3-4-8(13)11(10)15/h3-4,9,15H,1,5,14H2,2H3,(H,16,17)/t9-/m1/s1. The molecule has 0 saturated carbocycles. The predicted molar refractivity (Wildman–Crippen MR) is 69.1 cm³/mol. The molecule has 0 bridgehead atoms. The van der Waals surface area contributed by atoms with E-state index in [0.717, 1.165) is 5.57 Å². The Bertz CT molecular complexity index is 471. The number of halogens is 1. The van der Waals surface area contributed by atoms with E-state index < -0.39 is 12.0 Å². The van der Waals surface area contributed by atoms with Crippen molar-refractivity contribution >= 4 is 21.9 Å². The number of rotatable bonds is 4. The Morgan fingerprint density at radius 1 is 1.59 bits per heavy atom. The van der Waals surface area contributed by atoms with Gasteiger partial charge in [0.1, 0.15) is 5.75 Å².